The van der Waals surface area contributed by atoms with Crippen LogP contribution in [0.25, 0.3) is 5.69 Å². The number of nitrogens with one attached hydrogen (secondary N) is 1. The van der Waals surface area contributed by atoms with Crippen molar-refractivity contribution < 1.29 is 0 Å². The molecule has 0 bridgehead atoms. The van der Waals surface area contributed by atoms with Gasteiger partial charge in [0.25, 0.3) is 0 Å². The van der Waals surface area contributed by atoms with Gasteiger partial charge in [0, 0.05) is 25.0 Å². The van der Waals surface area contributed by atoms with Gasteiger partial charge < -0.3 is 5.32 Å². The Labute approximate surface area is 114 Å². The summed E-state index contributed by atoms with van der Waals surface area (Å²) in [6, 6.07) is 2.86. The van der Waals surface area contributed by atoms with E-state index in [0.717, 1.165) is 21.8 Å². The molecule has 0 saturated heterocycles. The van der Waals surface area contributed by atoms with Crippen molar-refractivity contribution in [1.29, 1.82) is 0 Å². The van der Waals surface area contributed by atoms with Crippen molar-refractivity contribution in [3.05, 3.63) is 40.0 Å². The molecule has 0 unspecified atom stereocenters. The predicted molar refractivity (Wildman–Crippen MR) is 73.9 cm³/mol. The normalized spacial score (nSPS) is 15.1. The number of halogens is 1. The van der Waals surface area contributed by atoms with Gasteiger partial charge in [-0.3, -0.25) is 4.98 Å². The van der Waals surface area contributed by atoms with Crippen molar-refractivity contribution in [2.75, 3.05) is 0 Å². The molecule has 5 heteroatoms. The van der Waals surface area contributed by atoms with Crippen LogP contribution in [0.1, 0.15) is 18.4 Å². The van der Waals surface area contributed by atoms with E-state index in [1.54, 1.807) is 0 Å². The molecule has 3 rings (SSSR count). The number of pyridine rings is 1. The highest BCUT2D eigenvalue weighted by atomic mass is 127. The van der Waals surface area contributed by atoms with Crippen LogP contribution < -0.4 is 5.32 Å². The lowest BCUT2D eigenvalue weighted by molar-refractivity contribution is 0.684. The van der Waals surface area contributed by atoms with Crippen LogP contribution in [-0.2, 0) is 6.54 Å². The largest absolute Gasteiger partial charge is 0.310 e. The first-order valence-corrected chi connectivity index (χ1v) is 6.77. The van der Waals surface area contributed by atoms with Gasteiger partial charge in [0.15, 0.2) is 0 Å². The third-order valence-corrected chi connectivity index (χ3v) is 3.33. The Balaban J connectivity index is 1.77. The van der Waals surface area contributed by atoms with Crippen LogP contribution in [0.5, 0.6) is 0 Å². The van der Waals surface area contributed by atoms with E-state index in [2.05, 4.69) is 44.1 Å². The average molecular weight is 340 g/mol. The Morgan fingerprint density at radius 1 is 1.35 bits per heavy atom. The maximum atomic E-state index is 4.28. The second-order valence-electron chi connectivity index (χ2n) is 4.31. The SMILES string of the molecule is Ic1cnn(-c2cncc(CNC3CC3)c2)c1. The summed E-state index contributed by atoms with van der Waals surface area (Å²) in [4.78, 5) is 4.27. The van der Waals surface area contributed by atoms with Gasteiger partial charge in [-0.25, -0.2) is 4.68 Å². The molecule has 0 atom stereocenters. The summed E-state index contributed by atoms with van der Waals surface area (Å²) in [5.41, 5.74) is 2.22. The Morgan fingerprint density at radius 2 is 2.24 bits per heavy atom. The topological polar surface area (TPSA) is 42.7 Å². The van der Waals surface area contributed by atoms with Crippen molar-refractivity contribution in [2.24, 2.45) is 0 Å². The van der Waals surface area contributed by atoms with E-state index in [9.17, 15) is 0 Å². The lowest BCUT2D eigenvalue weighted by Crippen LogP contribution is -2.15. The molecule has 1 fully saturated rings. The lowest BCUT2D eigenvalue weighted by Gasteiger charge is -2.05. The van der Waals surface area contributed by atoms with Crippen LogP contribution >= 0.6 is 22.6 Å². The number of hydrogen-bond donors (Lipinski definition) is 1. The van der Waals surface area contributed by atoms with E-state index in [1.807, 2.05) is 29.5 Å². The fourth-order valence-corrected chi connectivity index (χ4v) is 2.08. The fourth-order valence-electron chi connectivity index (χ4n) is 1.69. The third-order valence-electron chi connectivity index (χ3n) is 2.77. The van der Waals surface area contributed by atoms with E-state index in [4.69, 9.17) is 0 Å². The zero-order valence-electron chi connectivity index (χ0n) is 9.31. The lowest BCUT2D eigenvalue weighted by atomic mass is 10.2. The molecule has 2 aromatic rings. The Kier molecular flexibility index (Phi) is 3.11. The minimum atomic E-state index is 0.726. The smallest absolute Gasteiger partial charge is 0.0832 e. The summed E-state index contributed by atoms with van der Waals surface area (Å²) >= 11 is 2.25. The van der Waals surface area contributed by atoms with Gasteiger partial charge in [-0.15, -0.1) is 0 Å². The highest BCUT2D eigenvalue weighted by Crippen LogP contribution is 2.19. The zero-order valence-corrected chi connectivity index (χ0v) is 11.5. The molecule has 1 N–H and O–H groups in total. The number of nitrogens with zero attached hydrogens (tertiary/aromatic N) is 3. The van der Waals surface area contributed by atoms with Gasteiger partial charge in [-0.2, -0.15) is 5.10 Å². The summed E-state index contributed by atoms with van der Waals surface area (Å²) in [7, 11) is 0. The highest BCUT2D eigenvalue weighted by Gasteiger charge is 2.19. The molecule has 0 aromatic carbocycles. The van der Waals surface area contributed by atoms with Crippen LogP contribution in [0.4, 0.5) is 0 Å². The monoisotopic (exact) mass is 340 g/mol. The minimum absolute atomic E-state index is 0.726. The third kappa shape index (κ3) is 2.84. The quantitative estimate of drug-likeness (QED) is 0.867. The average Bonchev–Trinajstić information content (AvgIpc) is 3.08. The summed E-state index contributed by atoms with van der Waals surface area (Å²) in [6.45, 7) is 0.893. The Hall–Kier alpha value is -0.950. The molecule has 2 heterocycles. The molecule has 1 aliphatic rings. The minimum Gasteiger partial charge on any atom is -0.310 e. The van der Waals surface area contributed by atoms with Crippen LogP contribution in [-0.4, -0.2) is 20.8 Å². The molecule has 0 radical (unpaired) electrons. The van der Waals surface area contributed by atoms with Crippen LogP contribution in [0.2, 0.25) is 0 Å². The first-order chi connectivity index (χ1) is 8.31. The second-order valence-corrected chi connectivity index (χ2v) is 5.56. The van der Waals surface area contributed by atoms with Gasteiger partial charge in [-0.05, 0) is 47.1 Å². The van der Waals surface area contributed by atoms with Crippen molar-refractivity contribution in [3.63, 3.8) is 0 Å². The maximum Gasteiger partial charge on any atom is 0.0832 e. The first-order valence-electron chi connectivity index (χ1n) is 5.69. The van der Waals surface area contributed by atoms with Gasteiger partial charge in [0.05, 0.1) is 21.7 Å². The standard InChI is InChI=1S/C12H13IN4/c13-10-6-16-17(8-10)12-3-9(4-14-7-12)5-15-11-1-2-11/h3-4,6-8,11,15H,1-2,5H2. The fraction of sp³-hybridized carbons (Fsp3) is 0.333. The van der Waals surface area contributed by atoms with E-state index in [-0.39, 0.29) is 0 Å². The van der Waals surface area contributed by atoms with Crippen LogP contribution in [0.3, 0.4) is 0 Å². The van der Waals surface area contributed by atoms with Crippen molar-refractivity contribution in [3.8, 4) is 5.69 Å². The summed E-state index contributed by atoms with van der Waals surface area (Å²) in [5, 5.41) is 7.77. The molecular formula is C12H13IN4. The molecule has 1 saturated carbocycles. The number of aromatic nitrogens is 3. The van der Waals surface area contributed by atoms with Gasteiger partial charge in [0.2, 0.25) is 0 Å². The molecule has 17 heavy (non-hydrogen) atoms. The zero-order chi connectivity index (χ0) is 11.7. The van der Waals surface area contributed by atoms with Crippen LogP contribution in [0.15, 0.2) is 30.9 Å². The molecular weight excluding hydrogens is 327 g/mol. The van der Waals surface area contributed by atoms with E-state index < -0.39 is 0 Å². The Bertz CT molecular complexity index is 519. The van der Waals surface area contributed by atoms with E-state index in [0.29, 0.717) is 0 Å². The van der Waals surface area contributed by atoms with Crippen molar-refractivity contribution in [2.45, 2.75) is 25.4 Å². The van der Waals surface area contributed by atoms with Gasteiger partial charge in [0.1, 0.15) is 0 Å². The number of rotatable bonds is 4. The predicted octanol–water partition coefficient (Wildman–Crippen LogP) is 2.12. The maximum absolute atomic E-state index is 4.28. The van der Waals surface area contributed by atoms with Crippen molar-refractivity contribution in [1.82, 2.24) is 20.1 Å². The summed E-state index contributed by atoms with van der Waals surface area (Å²) in [6.07, 6.45) is 10.2. The van der Waals surface area contributed by atoms with E-state index in [1.165, 1.54) is 18.4 Å². The Morgan fingerprint density at radius 3 is 2.94 bits per heavy atom. The van der Waals surface area contributed by atoms with Crippen molar-refractivity contribution >= 4 is 22.6 Å². The molecule has 4 nitrogen and oxygen atoms in total. The van der Waals surface area contributed by atoms with Crippen LogP contribution in [0, 0.1) is 3.57 Å². The molecule has 0 aliphatic heterocycles. The first kappa shape index (κ1) is 11.2. The van der Waals surface area contributed by atoms with Gasteiger partial charge >= 0.3 is 0 Å². The molecule has 88 valence electrons. The highest BCUT2D eigenvalue weighted by molar-refractivity contribution is 14.1. The molecule has 0 spiro atoms. The molecule has 0 amide bonds. The summed E-state index contributed by atoms with van der Waals surface area (Å²) < 4.78 is 2.99. The molecule has 1 aliphatic carbocycles. The van der Waals surface area contributed by atoms with Gasteiger partial charge in [-0.1, -0.05) is 0 Å². The number of hydrogen-bond acceptors (Lipinski definition) is 3. The second kappa shape index (κ2) is 4.73. The molecule has 2 aromatic heterocycles. The summed E-state index contributed by atoms with van der Waals surface area (Å²) in [5.74, 6) is 0. The van der Waals surface area contributed by atoms with E-state index >= 15 is 0 Å².